The Kier molecular flexibility index (Phi) is 4.67. The average Bonchev–Trinajstić information content (AvgIpc) is 3.06. The summed E-state index contributed by atoms with van der Waals surface area (Å²) in [6.07, 6.45) is 2.36. The van der Waals surface area contributed by atoms with Crippen LogP contribution in [0.25, 0.3) is 0 Å². The van der Waals surface area contributed by atoms with Crippen LogP contribution in [-0.2, 0) is 23.0 Å². The Balaban J connectivity index is 1.65. The molecule has 0 fully saturated rings. The Morgan fingerprint density at radius 2 is 1.93 bits per heavy atom. The molecule has 0 unspecified atom stereocenters. The van der Waals surface area contributed by atoms with Crippen molar-refractivity contribution in [2.24, 2.45) is 0 Å². The van der Waals surface area contributed by atoms with E-state index in [9.17, 15) is 8.42 Å². The van der Waals surface area contributed by atoms with Crippen LogP contribution < -0.4 is 5.32 Å². The largest absolute Gasteiger partial charge is 0.316 e. The van der Waals surface area contributed by atoms with Gasteiger partial charge in [-0.05, 0) is 32.4 Å². The lowest BCUT2D eigenvalue weighted by Gasteiger charge is -2.28. The normalized spacial score (nSPS) is 14.7. The minimum Gasteiger partial charge on any atom is -0.316 e. The molecule has 0 bridgehead atoms. The number of thiazole rings is 1. The summed E-state index contributed by atoms with van der Waals surface area (Å²) in [7, 11) is -3.54. The van der Waals surface area contributed by atoms with E-state index in [0.717, 1.165) is 21.3 Å². The first-order chi connectivity index (χ1) is 12.9. The summed E-state index contributed by atoms with van der Waals surface area (Å²) < 4.78 is 27.3. The molecule has 0 saturated heterocycles. The molecule has 0 spiro atoms. The fraction of sp³-hybridized carbons (Fsp3) is 0.278. The van der Waals surface area contributed by atoms with Gasteiger partial charge in [0.1, 0.15) is 11.6 Å². The van der Waals surface area contributed by atoms with Gasteiger partial charge in [-0.3, -0.25) is 0 Å². The van der Waals surface area contributed by atoms with Gasteiger partial charge in [0, 0.05) is 23.2 Å². The first-order valence-electron chi connectivity index (χ1n) is 8.54. The van der Waals surface area contributed by atoms with Crippen LogP contribution >= 0.6 is 11.3 Å². The Morgan fingerprint density at radius 3 is 2.63 bits per heavy atom. The quantitative estimate of drug-likeness (QED) is 0.723. The second-order valence-electron chi connectivity index (χ2n) is 6.35. The summed E-state index contributed by atoms with van der Waals surface area (Å²) >= 11 is 1.55. The van der Waals surface area contributed by atoms with Gasteiger partial charge in [0.15, 0.2) is 5.13 Å². The number of nitrogens with zero attached hydrogens (tertiary/aromatic N) is 4. The number of rotatable bonds is 4. The smallest absolute Gasteiger partial charge is 0.243 e. The van der Waals surface area contributed by atoms with Crippen LogP contribution in [0, 0.1) is 13.8 Å². The topological polar surface area (TPSA) is 88.1 Å². The average molecular weight is 402 g/mol. The first kappa shape index (κ1) is 18.0. The number of benzene rings is 1. The van der Waals surface area contributed by atoms with E-state index < -0.39 is 10.0 Å². The van der Waals surface area contributed by atoms with Crippen LogP contribution in [0.4, 0.5) is 10.9 Å². The van der Waals surface area contributed by atoms with E-state index in [2.05, 4.69) is 20.3 Å². The highest BCUT2D eigenvalue weighted by atomic mass is 32.2. The highest BCUT2D eigenvalue weighted by Crippen LogP contribution is 2.30. The molecule has 9 heteroatoms. The minimum atomic E-state index is -3.54. The van der Waals surface area contributed by atoms with Gasteiger partial charge in [0.2, 0.25) is 10.0 Å². The lowest BCUT2D eigenvalue weighted by atomic mass is 10.1. The Hall–Kier alpha value is -2.36. The molecule has 1 aliphatic heterocycles. The third kappa shape index (κ3) is 3.58. The van der Waals surface area contributed by atoms with Crippen molar-refractivity contribution in [3.8, 4) is 0 Å². The van der Waals surface area contributed by atoms with Gasteiger partial charge in [-0.1, -0.05) is 18.2 Å². The molecule has 7 nitrogen and oxygen atoms in total. The van der Waals surface area contributed by atoms with Crippen LogP contribution in [0.1, 0.15) is 22.0 Å². The van der Waals surface area contributed by atoms with Crippen molar-refractivity contribution in [2.45, 2.75) is 31.7 Å². The SMILES string of the molecule is Cc1nc2c(c(Nc3ncc(C)s3)n1)CCN(S(=O)(=O)c1ccccc1)C2. The molecule has 3 heterocycles. The summed E-state index contributed by atoms with van der Waals surface area (Å²) in [5.41, 5.74) is 1.69. The van der Waals surface area contributed by atoms with Gasteiger partial charge in [-0.15, -0.1) is 11.3 Å². The maximum absolute atomic E-state index is 12.9. The minimum absolute atomic E-state index is 0.238. The number of fused-ring (bicyclic) bond motifs is 1. The zero-order valence-electron chi connectivity index (χ0n) is 15.0. The van der Waals surface area contributed by atoms with E-state index in [0.29, 0.717) is 29.5 Å². The molecule has 1 aromatic carbocycles. The summed E-state index contributed by atoms with van der Waals surface area (Å²) in [6, 6.07) is 8.51. The maximum atomic E-state index is 12.9. The number of nitrogens with one attached hydrogen (secondary N) is 1. The predicted octanol–water partition coefficient (Wildman–Crippen LogP) is 3.04. The van der Waals surface area contributed by atoms with Crippen LogP contribution in [0.3, 0.4) is 0 Å². The second-order valence-corrected chi connectivity index (χ2v) is 9.52. The molecule has 0 aliphatic carbocycles. The molecule has 140 valence electrons. The number of sulfonamides is 1. The number of hydrogen-bond donors (Lipinski definition) is 1. The van der Waals surface area contributed by atoms with Crippen molar-refractivity contribution in [2.75, 3.05) is 11.9 Å². The number of hydrogen-bond acceptors (Lipinski definition) is 7. The van der Waals surface area contributed by atoms with Crippen molar-refractivity contribution in [3.63, 3.8) is 0 Å². The van der Waals surface area contributed by atoms with Gasteiger partial charge < -0.3 is 5.32 Å². The Labute approximate surface area is 162 Å². The molecule has 0 amide bonds. The highest BCUT2D eigenvalue weighted by Gasteiger charge is 2.30. The lowest BCUT2D eigenvalue weighted by Crippen LogP contribution is -2.37. The van der Waals surface area contributed by atoms with E-state index in [1.54, 1.807) is 41.7 Å². The molecule has 27 heavy (non-hydrogen) atoms. The molecule has 4 rings (SSSR count). The molecule has 1 N–H and O–H groups in total. The third-order valence-electron chi connectivity index (χ3n) is 4.37. The van der Waals surface area contributed by atoms with Crippen LogP contribution in [-0.4, -0.2) is 34.2 Å². The van der Waals surface area contributed by atoms with Crippen molar-refractivity contribution >= 4 is 32.3 Å². The van der Waals surface area contributed by atoms with Gasteiger partial charge >= 0.3 is 0 Å². The number of anilines is 2. The molecule has 0 radical (unpaired) electrons. The van der Waals surface area contributed by atoms with E-state index in [1.165, 1.54) is 4.31 Å². The van der Waals surface area contributed by atoms with Crippen LogP contribution in [0.15, 0.2) is 41.4 Å². The molecule has 3 aromatic rings. The second kappa shape index (κ2) is 6.99. The lowest BCUT2D eigenvalue weighted by molar-refractivity contribution is 0.384. The van der Waals surface area contributed by atoms with E-state index in [4.69, 9.17) is 0 Å². The molecular formula is C18H19N5O2S2. The van der Waals surface area contributed by atoms with Crippen LogP contribution in [0.5, 0.6) is 0 Å². The van der Waals surface area contributed by atoms with Gasteiger partial charge in [-0.25, -0.2) is 23.4 Å². The molecule has 0 saturated carbocycles. The molecule has 2 aromatic heterocycles. The van der Waals surface area contributed by atoms with Crippen molar-refractivity contribution < 1.29 is 8.42 Å². The van der Waals surface area contributed by atoms with Crippen LogP contribution in [0.2, 0.25) is 0 Å². The summed E-state index contributed by atoms with van der Waals surface area (Å²) in [5.74, 6) is 1.31. The predicted molar refractivity (Wildman–Crippen MR) is 105 cm³/mol. The Bertz CT molecular complexity index is 1080. The third-order valence-corrected chi connectivity index (χ3v) is 7.06. The summed E-state index contributed by atoms with van der Waals surface area (Å²) in [6.45, 7) is 4.43. The first-order valence-corrected chi connectivity index (χ1v) is 10.8. The van der Waals surface area contributed by atoms with Gasteiger partial charge in [0.25, 0.3) is 0 Å². The van der Waals surface area contributed by atoms with E-state index in [-0.39, 0.29) is 6.54 Å². The highest BCUT2D eigenvalue weighted by molar-refractivity contribution is 7.89. The Morgan fingerprint density at radius 1 is 1.15 bits per heavy atom. The molecule has 1 aliphatic rings. The monoisotopic (exact) mass is 401 g/mol. The summed E-state index contributed by atoms with van der Waals surface area (Å²) in [5, 5.41) is 4.04. The summed E-state index contributed by atoms with van der Waals surface area (Å²) in [4.78, 5) is 14.8. The number of aromatic nitrogens is 3. The van der Waals surface area contributed by atoms with Gasteiger partial charge in [-0.2, -0.15) is 4.31 Å². The van der Waals surface area contributed by atoms with E-state index >= 15 is 0 Å². The standard InChI is InChI=1S/C18H19N5O2S2/c1-12-10-19-18(26-12)22-17-15-8-9-23(11-16(15)20-13(2)21-17)27(24,25)14-6-4-3-5-7-14/h3-7,10H,8-9,11H2,1-2H3,(H,19,20,21,22). The molecule has 0 atom stereocenters. The maximum Gasteiger partial charge on any atom is 0.243 e. The fourth-order valence-electron chi connectivity index (χ4n) is 3.09. The van der Waals surface area contributed by atoms with E-state index in [1.807, 2.05) is 20.0 Å². The van der Waals surface area contributed by atoms with Crippen molar-refractivity contribution in [1.82, 2.24) is 19.3 Å². The zero-order chi connectivity index (χ0) is 19.0. The number of aryl methyl sites for hydroxylation is 2. The van der Waals surface area contributed by atoms with Crippen molar-refractivity contribution in [1.29, 1.82) is 0 Å². The van der Waals surface area contributed by atoms with Crippen molar-refractivity contribution in [3.05, 3.63) is 58.5 Å². The zero-order valence-corrected chi connectivity index (χ0v) is 16.6. The fourth-order valence-corrected chi connectivity index (χ4v) is 5.18. The van der Waals surface area contributed by atoms with Gasteiger partial charge in [0.05, 0.1) is 17.1 Å². The molecular weight excluding hydrogens is 382 g/mol.